The number of alkyl carbamates (subject to hydrolysis) is 1. The van der Waals surface area contributed by atoms with E-state index in [1.54, 1.807) is 12.1 Å². The number of rotatable bonds is 5. The minimum absolute atomic E-state index is 0.0635. The summed E-state index contributed by atoms with van der Waals surface area (Å²) in [6.45, 7) is 1.45. The fourth-order valence-corrected chi connectivity index (χ4v) is 1.87. The zero-order chi connectivity index (χ0) is 16.8. The number of imide groups is 1. The second-order valence-corrected chi connectivity index (χ2v) is 4.97. The van der Waals surface area contributed by atoms with Crippen LogP contribution in [0.5, 0.6) is 0 Å². The smallest absolute Gasteiger partial charge is 0.408 e. The predicted octanol–water partition coefficient (Wildman–Crippen LogP) is 0.260. The Kier molecular flexibility index (Phi) is 5.29. The van der Waals surface area contributed by atoms with Gasteiger partial charge in [0.2, 0.25) is 5.91 Å². The van der Waals surface area contributed by atoms with Crippen molar-refractivity contribution in [1.82, 2.24) is 10.6 Å². The Morgan fingerprint density at radius 3 is 2.61 bits per heavy atom. The van der Waals surface area contributed by atoms with Crippen molar-refractivity contribution in [2.75, 3.05) is 0 Å². The van der Waals surface area contributed by atoms with Gasteiger partial charge >= 0.3 is 12.1 Å². The van der Waals surface area contributed by atoms with Crippen LogP contribution >= 0.6 is 0 Å². The van der Waals surface area contributed by atoms with E-state index < -0.39 is 36.0 Å². The third-order valence-corrected chi connectivity index (χ3v) is 3.08. The molecule has 0 saturated carbocycles. The van der Waals surface area contributed by atoms with Gasteiger partial charge in [0.05, 0.1) is 6.42 Å². The number of nitrogens with one attached hydrogen (secondary N) is 2. The number of hydrogen-bond acceptors (Lipinski definition) is 6. The average molecular weight is 320 g/mol. The first kappa shape index (κ1) is 16.5. The zero-order valence-electron chi connectivity index (χ0n) is 12.4. The minimum atomic E-state index is -1.15. The molecule has 0 bridgehead atoms. The summed E-state index contributed by atoms with van der Waals surface area (Å²) < 4.78 is 9.84. The van der Waals surface area contributed by atoms with E-state index in [9.17, 15) is 19.2 Å². The van der Waals surface area contributed by atoms with E-state index >= 15 is 0 Å². The molecule has 1 unspecified atom stereocenters. The van der Waals surface area contributed by atoms with Gasteiger partial charge in [-0.05, 0) is 12.5 Å². The van der Waals surface area contributed by atoms with Crippen LogP contribution in [0, 0.1) is 0 Å². The second kappa shape index (κ2) is 7.39. The van der Waals surface area contributed by atoms with E-state index in [0.29, 0.717) is 0 Å². The van der Waals surface area contributed by atoms with E-state index in [1.165, 1.54) is 6.92 Å². The monoisotopic (exact) mass is 320 g/mol. The summed E-state index contributed by atoms with van der Waals surface area (Å²) in [7, 11) is 0. The van der Waals surface area contributed by atoms with Crippen molar-refractivity contribution >= 4 is 23.9 Å². The summed E-state index contributed by atoms with van der Waals surface area (Å²) in [6, 6.07) is 8.03. The highest BCUT2D eigenvalue weighted by atomic mass is 16.6. The molecule has 1 heterocycles. The molecular weight excluding hydrogens is 304 g/mol. The molecule has 122 valence electrons. The van der Waals surface area contributed by atoms with E-state index in [4.69, 9.17) is 9.47 Å². The van der Waals surface area contributed by atoms with Crippen molar-refractivity contribution in [2.24, 2.45) is 0 Å². The zero-order valence-corrected chi connectivity index (χ0v) is 12.4. The molecule has 23 heavy (non-hydrogen) atoms. The van der Waals surface area contributed by atoms with E-state index in [0.717, 1.165) is 5.56 Å². The Morgan fingerprint density at radius 1 is 1.30 bits per heavy atom. The minimum Gasteiger partial charge on any atom is -0.450 e. The van der Waals surface area contributed by atoms with Crippen molar-refractivity contribution in [3.63, 3.8) is 0 Å². The Morgan fingerprint density at radius 2 is 2.00 bits per heavy atom. The van der Waals surface area contributed by atoms with Gasteiger partial charge in [0.25, 0.3) is 5.91 Å². The van der Waals surface area contributed by atoms with Gasteiger partial charge in [0, 0.05) is 0 Å². The van der Waals surface area contributed by atoms with Crippen LogP contribution in [0.2, 0.25) is 0 Å². The molecule has 0 aromatic heterocycles. The lowest BCUT2D eigenvalue weighted by atomic mass is 10.2. The molecule has 1 fully saturated rings. The van der Waals surface area contributed by atoms with Crippen LogP contribution in [0.3, 0.4) is 0 Å². The number of benzene rings is 1. The normalized spacial score (nSPS) is 18.0. The lowest BCUT2D eigenvalue weighted by molar-refractivity contribution is -0.155. The molecule has 0 radical (unpaired) electrons. The van der Waals surface area contributed by atoms with E-state index in [-0.39, 0.29) is 13.0 Å². The molecule has 0 spiro atoms. The number of esters is 1. The molecule has 2 rings (SSSR count). The molecule has 0 aliphatic carbocycles. The van der Waals surface area contributed by atoms with Gasteiger partial charge in [-0.2, -0.15) is 0 Å². The maximum atomic E-state index is 11.8. The molecule has 2 atom stereocenters. The summed E-state index contributed by atoms with van der Waals surface area (Å²) in [6.07, 6.45) is -2.15. The highest BCUT2D eigenvalue weighted by molar-refractivity contribution is 6.05. The van der Waals surface area contributed by atoms with Gasteiger partial charge in [0.15, 0.2) is 6.10 Å². The van der Waals surface area contributed by atoms with Crippen molar-refractivity contribution in [3.05, 3.63) is 35.9 Å². The summed E-state index contributed by atoms with van der Waals surface area (Å²) in [5.74, 6) is -1.99. The largest absolute Gasteiger partial charge is 0.450 e. The van der Waals surface area contributed by atoms with Crippen molar-refractivity contribution in [3.8, 4) is 0 Å². The van der Waals surface area contributed by atoms with Gasteiger partial charge in [0.1, 0.15) is 12.6 Å². The van der Waals surface area contributed by atoms with Crippen LogP contribution < -0.4 is 10.6 Å². The number of carbonyl (C=O) groups excluding carboxylic acids is 4. The molecule has 1 saturated heterocycles. The molecule has 1 aromatic rings. The van der Waals surface area contributed by atoms with Crippen LogP contribution in [-0.4, -0.2) is 36.0 Å². The molecule has 8 nitrogen and oxygen atoms in total. The predicted molar refractivity (Wildman–Crippen MR) is 76.9 cm³/mol. The van der Waals surface area contributed by atoms with Crippen molar-refractivity contribution < 1.29 is 28.7 Å². The molecule has 8 heteroatoms. The van der Waals surface area contributed by atoms with Crippen LogP contribution in [0.25, 0.3) is 0 Å². The first-order valence-electron chi connectivity index (χ1n) is 6.97. The Labute approximate surface area is 132 Å². The van der Waals surface area contributed by atoms with Gasteiger partial charge < -0.3 is 14.8 Å². The number of hydrogen-bond donors (Lipinski definition) is 2. The summed E-state index contributed by atoms with van der Waals surface area (Å²) in [4.78, 5) is 45.7. The molecule has 1 aromatic carbocycles. The van der Waals surface area contributed by atoms with Gasteiger partial charge in [-0.25, -0.2) is 9.59 Å². The van der Waals surface area contributed by atoms with Crippen LogP contribution in [0.15, 0.2) is 30.3 Å². The number of amides is 3. The van der Waals surface area contributed by atoms with Crippen LogP contribution in [-0.2, 0) is 30.5 Å². The van der Waals surface area contributed by atoms with E-state index in [2.05, 4.69) is 5.32 Å². The summed E-state index contributed by atoms with van der Waals surface area (Å²) in [5.41, 5.74) is 0.805. The van der Waals surface area contributed by atoms with Crippen LogP contribution in [0.1, 0.15) is 18.9 Å². The first-order valence-corrected chi connectivity index (χ1v) is 6.97. The lowest BCUT2D eigenvalue weighted by Gasteiger charge is -2.15. The fraction of sp³-hybridized carbons (Fsp3) is 0.333. The molecule has 2 N–H and O–H groups in total. The Hall–Kier alpha value is -2.90. The second-order valence-electron chi connectivity index (χ2n) is 4.97. The number of ether oxygens (including phenoxy) is 2. The third-order valence-electron chi connectivity index (χ3n) is 3.08. The maximum absolute atomic E-state index is 11.8. The van der Waals surface area contributed by atoms with Crippen molar-refractivity contribution in [2.45, 2.75) is 32.1 Å². The highest BCUT2D eigenvalue weighted by Crippen LogP contribution is 2.08. The SMILES string of the molecule is C[C@H](NC(=O)OCc1ccccc1)C(=O)OC1CC(=O)NC1=O. The summed E-state index contributed by atoms with van der Waals surface area (Å²) >= 11 is 0. The standard InChI is InChI=1S/C15H16N2O6/c1-9(14(20)23-11-7-12(18)17-13(11)19)16-15(21)22-8-10-5-3-2-4-6-10/h2-6,9,11H,7-8H2,1H3,(H,16,21)(H,17,18,19)/t9-,11?/m0/s1. The topological polar surface area (TPSA) is 111 Å². The third kappa shape index (κ3) is 4.80. The average Bonchev–Trinajstić information content (AvgIpc) is 2.83. The fourth-order valence-electron chi connectivity index (χ4n) is 1.87. The van der Waals surface area contributed by atoms with Crippen LogP contribution in [0.4, 0.5) is 4.79 Å². The van der Waals surface area contributed by atoms with Gasteiger partial charge in [-0.15, -0.1) is 0 Å². The quantitative estimate of drug-likeness (QED) is 0.595. The van der Waals surface area contributed by atoms with Gasteiger partial charge in [-0.1, -0.05) is 30.3 Å². The van der Waals surface area contributed by atoms with E-state index in [1.807, 2.05) is 23.5 Å². The lowest BCUT2D eigenvalue weighted by Crippen LogP contribution is -2.42. The Bertz CT molecular complexity index is 616. The molecular formula is C15H16N2O6. The molecule has 1 aliphatic heterocycles. The number of carbonyl (C=O) groups is 4. The van der Waals surface area contributed by atoms with Gasteiger partial charge in [-0.3, -0.25) is 14.9 Å². The first-order chi connectivity index (χ1) is 11.0. The summed E-state index contributed by atoms with van der Waals surface area (Å²) in [5, 5.41) is 4.32. The Balaban J connectivity index is 1.75. The van der Waals surface area contributed by atoms with Crippen molar-refractivity contribution in [1.29, 1.82) is 0 Å². The maximum Gasteiger partial charge on any atom is 0.408 e. The highest BCUT2D eigenvalue weighted by Gasteiger charge is 2.35. The molecule has 3 amide bonds. The molecule has 1 aliphatic rings.